The zero-order valence-electron chi connectivity index (χ0n) is 17.6. The van der Waals surface area contributed by atoms with Gasteiger partial charge in [0.15, 0.2) is 0 Å². The predicted octanol–water partition coefficient (Wildman–Crippen LogP) is 3.94. The summed E-state index contributed by atoms with van der Waals surface area (Å²) in [6, 6.07) is 13.5. The maximum atomic E-state index is 12.8. The summed E-state index contributed by atoms with van der Waals surface area (Å²) in [5, 5.41) is 2.96. The molecule has 0 spiro atoms. The van der Waals surface area contributed by atoms with Gasteiger partial charge in [-0.25, -0.2) is 8.42 Å². The van der Waals surface area contributed by atoms with Crippen molar-refractivity contribution in [1.82, 2.24) is 5.32 Å². The zero-order chi connectivity index (χ0) is 21.2. The first-order chi connectivity index (χ1) is 13.7. The first-order valence-electron chi connectivity index (χ1n) is 10.1. The summed E-state index contributed by atoms with van der Waals surface area (Å²) in [7, 11) is -3.61. The molecule has 0 saturated carbocycles. The first kappa shape index (κ1) is 21.4. The summed E-state index contributed by atoms with van der Waals surface area (Å²) >= 11 is 0. The minimum absolute atomic E-state index is 0.142. The van der Waals surface area contributed by atoms with Crippen molar-refractivity contribution < 1.29 is 13.2 Å². The Morgan fingerprint density at radius 1 is 1.07 bits per heavy atom. The number of aryl methyl sites for hydroxylation is 2. The second-order valence-corrected chi connectivity index (χ2v) is 10.1. The molecule has 0 radical (unpaired) electrons. The van der Waals surface area contributed by atoms with Gasteiger partial charge < -0.3 is 5.32 Å². The fourth-order valence-electron chi connectivity index (χ4n) is 3.95. The molecule has 6 heteroatoms. The van der Waals surface area contributed by atoms with Crippen molar-refractivity contribution in [2.24, 2.45) is 0 Å². The number of anilines is 1. The van der Waals surface area contributed by atoms with Crippen LogP contribution in [0.1, 0.15) is 61.4 Å². The lowest BCUT2D eigenvalue weighted by Gasteiger charge is -2.26. The Balaban J connectivity index is 1.78. The van der Waals surface area contributed by atoms with Gasteiger partial charge in [0.2, 0.25) is 15.9 Å². The molecule has 3 rings (SSSR count). The van der Waals surface area contributed by atoms with Crippen molar-refractivity contribution in [3.8, 4) is 0 Å². The van der Waals surface area contributed by atoms with Crippen molar-refractivity contribution in [3.63, 3.8) is 0 Å². The Bertz CT molecular complexity index is 999. The quantitative estimate of drug-likeness (QED) is 0.746. The van der Waals surface area contributed by atoms with Crippen molar-refractivity contribution in [1.29, 1.82) is 0 Å². The number of carbonyl (C=O) groups excluding carboxylic acids is 1. The molecule has 1 amide bonds. The molecule has 1 atom stereocenters. The highest BCUT2D eigenvalue weighted by atomic mass is 32.2. The molecule has 0 bridgehead atoms. The number of amides is 1. The minimum atomic E-state index is -3.61. The van der Waals surface area contributed by atoms with Crippen molar-refractivity contribution in [2.45, 2.75) is 52.0 Å². The molecule has 0 aromatic heterocycles. The van der Waals surface area contributed by atoms with Crippen molar-refractivity contribution in [2.75, 3.05) is 17.1 Å². The molecule has 2 aromatic rings. The molecule has 1 unspecified atom stereocenters. The maximum Gasteiger partial charge on any atom is 0.241 e. The Morgan fingerprint density at radius 3 is 2.45 bits per heavy atom. The van der Waals surface area contributed by atoms with Gasteiger partial charge in [0.25, 0.3) is 0 Å². The Labute approximate surface area is 174 Å². The standard InChI is InChI=1S/C23H30N2O3S/c1-16(2)21-10-5-6-11-22(21)25(29(4,27)28)15-23(26)24-17(3)19-13-12-18-8-7-9-20(18)14-19/h5-6,10-14,16-17H,7-9,15H2,1-4H3,(H,24,26). The van der Waals surface area contributed by atoms with E-state index in [0.717, 1.165) is 30.2 Å². The molecule has 0 fully saturated rings. The molecular weight excluding hydrogens is 384 g/mol. The average Bonchev–Trinajstić information content (AvgIpc) is 3.13. The Morgan fingerprint density at radius 2 is 1.76 bits per heavy atom. The van der Waals surface area contributed by atoms with Crippen LogP contribution in [0.15, 0.2) is 42.5 Å². The number of para-hydroxylation sites is 1. The van der Waals surface area contributed by atoms with Crippen LogP contribution in [-0.2, 0) is 27.7 Å². The van der Waals surface area contributed by atoms with E-state index in [1.807, 2.05) is 32.9 Å². The second-order valence-electron chi connectivity index (χ2n) is 8.15. The number of nitrogens with zero attached hydrogens (tertiary/aromatic N) is 1. The summed E-state index contributed by atoms with van der Waals surface area (Å²) in [6.45, 7) is 5.71. The topological polar surface area (TPSA) is 66.5 Å². The number of nitrogens with one attached hydrogen (secondary N) is 1. The highest BCUT2D eigenvalue weighted by molar-refractivity contribution is 7.92. The van der Waals surface area contributed by atoms with Crippen molar-refractivity contribution in [3.05, 3.63) is 64.7 Å². The number of benzene rings is 2. The van der Waals surface area contributed by atoms with Crippen LogP contribution in [0.25, 0.3) is 0 Å². The van der Waals surface area contributed by atoms with Gasteiger partial charge in [-0.3, -0.25) is 9.10 Å². The lowest BCUT2D eigenvalue weighted by Crippen LogP contribution is -2.41. The van der Waals surface area contributed by atoms with Crippen molar-refractivity contribution >= 4 is 21.6 Å². The van der Waals surface area contributed by atoms with E-state index >= 15 is 0 Å². The average molecular weight is 415 g/mol. The smallest absolute Gasteiger partial charge is 0.241 e. The molecule has 5 nitrogen and oxygen atoms in total. The fourth-order valence-corrected chi connectivity index (χ4v) is 4.82. The SMILES string of the molecule is CC(C)c1ccccc1N(CC(=O)NC(C)c1ccc2c(c1)CCC2)S(C)(=O)=O. The minimum Gasteiger partial charge on any atom is -0.348 e. The van der Waals surface area contributed by atoms with Crippen LogP contribution < -0.4 is 9.62 Å². The largest absolute Gasteiger partial charge is 0.348 e. The van der Waals surface area contributed by atoms with Crippen LogP contribution in [-0.4, -0.2) is 27.1 Å². The van der Waals surface area contributed by atoms with Gasteiger partial charge in [0.05, 0.1) is 18.0 Å². The van der Waals surface area contributed by atoms with Gasteiger partial charge in [0.1, 0.15) is 6.54 Å². The highest BCUT2D eigenvalue weighted by Crippen LogP contribution is 2.29. The summed E-state index contributed by atoms with van der Waals surface area (Å²) < 4.78 is 26.1. The molecule has 0 aliphatic heterocycles. The van der Waals surface area contributed by atoms with E-state index in [4.69, 9.17) is 0 Å². The number of fused-ring (bicyclic) bond motifs is 1. The van der Waals surface area contributed by atoms with E-state index in [-0.39, 0.29) is 24.4 Å². The molecule has 1 aliphatic rings. The number of hydrogen-bond donors (Lipinski definition) is 1. The van der Waals surface area contributed by atoms with Crippen LogP contribution in [0.4, 0.5) is 5.69 Å². The van der Waals surface area contributed by atoms with Gasteiger partial charge in [-0.1, -0.05) is 50.2 Å². The summed E-state index contributed by atoms with van der Waals surface area (Å²) in [4.78, 5) is 12.8. The molecule has 2 aromatic carbocycles. The first-order valence-corrected chi connectivity index (χ1v) is 12.0. The van der Waals surface area contributed by atoms with Crippen LogP contribution in [0.2, 0.25) is 0 Å². The monoisotopic (exact) mass is 414 g/mol. The van der Waals surface area contributed by atoms with Crippen LogP contribution in [0.3, 0.4) is 0 Å². The summed E-state index contributed by atoms with van der Waals surface area (Å²) in [5.74, 6) is -0.175. The number of carbonyl (C=O) groups is 1. The van der Waals surface area contributed by atoms with Gasteiger partial charge in [-0.2, -0.15) is 0 Å². The summed E-state index contributed by atoms with van der Waals surface area (Å²) in [5.41, 5.74) is 5.25. The van der Waals surface area contributed by atoms with Gasteiger partial charge in [-0.05, 0) is 60.4 Å². The third-order valence-electron chi connectivity index (χ3n) is 5.52. The summed E-state index contributed by atoms with van der Waals surface area (Å²) in [6.07, 6.45) is 4.52. The molecule has 29 heavy (non-hydrogen) atoms. The lowest BCUT2D eigenvalue weighted by atomic mass is 10.0. The molecule has 1 aliphatic carbocycles. The zero-order valence-corrected chi connectivity index (χ0v) is 18.4. The second kappa shape index (κ2) is 8.57. The van der Waals surface area contributed by atoms with Gasteiger partial charge in [-0.15, -0.1) is 0 Å². The fraction of sp³-hybridized carbons (Fsp3) is 0.435. The van der Waals surface area contributed by atoms with Crippen LogP contribution >= 0.6 is 0 Å². The molecule has 0 heterocycles. The van der Waals surface area contributed by atoms with Gasteiger partial charge >= 0.3 is 0 Å². The number of sulfonamides is 1. The predicted molar refractivity (Wildman–Crippen MR) is 118 cm³/mol. The highest BCUT2D eigenvalue weighted by Gasteiger charge is 2.25. The van der Waals surface area contributed by atoms with E-state index in [1.165, 1.54) is 21.9 Å². The van der Waals surface area contributed by atoms with E-state index in [2.05, 4.69) is 23.5 Å². The van der Waals surface area contributed by atoms with E-state index in [0.29, 0.717) is 5.69 Å². The van der Waals surface area contributed by atoms with E-state index < -0.39 is 10.0 Å². The third kappa shape index (κ3) is 4.99. The van der Waals surface area contributed by atoms with Gasteiger partial charge in [0, 0.05) is 0 Å². The van der Waals surface area contributed by atoms with Crippen LogP contribution in [0, 0.1) is 0 Å². The van der Waals surface area contributed by atoms with Crippen LogP contribution in [0.5, 0.6) is 0 Å². The third-order valence-corrected chi connectivity index (χ3v) is 6.64. The van der Waals surface area contributed by atoms with E-state index in [1.54, 1.807) is 12.1 Å². The molecule has 156 valence electrons. The normalized spacial score (nSPS) is 14.5. The molecule has 1 N–H and O–H groups in total. The van der Waals surface area contributed by atoms with E-state index in [9.17, 15) is 13.2 Å². The lowest BCUT2D eigenvalue weighted by molar-refractivity contribution is -0.120. The number of rotatable bonds is 7. The molecular formula is C23H30N2O3S. The molecule has 0 saturated heterocycles. The number of hydrogen-bond acceptors (Lipinski definition) is 3. The maximum absolute atomic E-state index is 12.8. The Hall–Kier alpha value is -2.34. The Kier molecular flexibility index (Phi) is 6.32.